The number of aromatic nitrogens is 1. The quantitative estimate of drug-likeness (QED) is 0.864. The van der Waals surface area contributed by atoms with Gasteiger partial charge in [-0.1, -0.05) is 0 Å². The molecule has 132 valence electrons. The van der Waals surface area contributed by atoms with Crippen molar-refractivity contribution >= 4 is 17.3 Å². The maximum atomic E-state index is 13.6. The van der Waals surface area contributed by atoms with Gasteiger partial charge >= 0.3 is 0 Å². The fourth-order valence-electron chi connectivity index (χ4n) is 2.58. The van der Waals surface area contributed by atoms with Gasteiger partial charge in [-0.3, -0.25) is 4.79 Å². The van der Waals surface area contributed by atoms with Crippen LogP contribution in [0.4, 0.5) is 24.5 Å². The summed E-state index contributed by atoms with van der Waals surface area (Å²) < 4.78 is 39.7. The van der Waals surface area contributed by atoms with Gasteiger partial charge in [-0.15, -0.1) is 0 Å². The summed E-state index contributed by atoms with van der Waals surface area (Å²) >= 11 is 0. The Morgan fingerprint density at radius 3 is 2.40 bits per heavy atom. The van der Waals surface area contributed by atoms with Crippen molar-refractivity contribution < 1.29 is 18.0 Å². The number of hydrogen-bond donors (Lipinski definition) is 1. The number of hydrogen-bond acceptors (Lipinski definition) is 4. The van der Waals surface area contributed by atoms with E-state index in [2.05, 4.69) is 27.1 Å². The van der Waals surface area contributed by atoms with E-state index in [1.54, 1.807) is 12.3 Å². The largest absolute Gasteiger partial charge is 0.368 e. The predicted octanol–water partition coefficient (Wildman–Crippen LogP) is 2.50. The van der Waals surface area contributed by atoms with Crippen molar-refractivity contribution in [3.8, 4) is 0 Å². The van der Waals surface area contributed by atoms with E-state index in [1.165, 1.54) is 6.07 Å². The summed E-state index contributed by atoms with van der Waals surface area (Å²) in [7, 11) is 2.06. The lowest BCUT2D eigenvalue weighted by Gasteiger charge is -2.33. The molecule has 1 saturated heterocycles. The smallest absolute Gasteiger partial charge is 0.274 e. The van der Waals surface area contributed by atoms with E-state index < -0.39 is 29.0 Å². The van der Waals surface area contributed by atoms with Gasteiger partial charge in [-0.25, -0.2) is 18.2 Å². The second-order valence-electron chi connectivity index (χ2n) is 5.87. The molecule has 0 bridgehead atoms. The van der Waals surface area contributed by atoms with Gasteiger partial charge in [0.2, 0.25) is 0 Å². The topological polar surface area (TPSA) is 48.5 Å². The Hall–Kier alpha value is -2.61. The first-order chi connectivity index (χ1) is 12.0. The number of nitrogens with zero attached hydrogens (tertiary/aromatic N) is 3. The first-order valence-corrected chi connectivity index (χ1v) is 7.80. The molecule has 2 aromatic rings. The van der Waals surface area contributed by atoms with Crippen molar-refractivity contribution in [3.05, 3.63) is 53.6 Å². The Labute approximate surface area is 143 Å². The predicted molar refractivity (Wildman–Crippen MR) is 88.2 cm³/mol. The van der Waals surface area contributed by atoms with Crippen LogP contribution in [0.2, 0.25) is 0 Å². The number of carbonyl (C=O) groups excluding carboxylic acids is 1. The van der Waals surface area contributed by atoms with Gasteiger partial charge < -0.3 is 15.1 Å². The lowest BCUT2D eigenvalue weighted by atomic mass is 10.2. The highest BCUT2D eigenvalue weighted by Gasteiger charge is 2.18. The van der Waals surface area contributed by atoms with Crippen LogP contribution >= 0.6 is 0 Å². The Kier molecular flexibility index (Phi) is 4.89. The minimum atomic E-state index is -1.63. The second kappa shape index (κ2) is 7.10. The van der Waals surface area contributed by atoms with Crippen LogP contribution in [0.25, 0.3) is 0 Å². The van der Waals surface area contributed by atoms with Crippen molar-refractivity contribution in [1.82, 2.24) is 9.88 Å². The summed E-state index contributed by atoms with van der Waals surface area (Å²) in [5.41, 5.74) is 0.513. The molecule has 0 atom stereocenters. The summed E-state index contributed by atoms with van der Waals surface area (Å²) in [6.45, 7) is 3.61. The number of likely N-dealkylation sites (N-methyl/N-ethyl adjacent to an activating group) is 1. The molecule has 2 heterocycles. The summed E-state index contributed by atoms with van der Waals surface area (Å²) in [6.07, 6.45) is 1.57. The van der Waals surface area contributed by atoms with Crippen molar-refractivity contribution in [2.75, 3.05) is 43.4 Å². The van der Waals surface area contributed by atoms with Crippen LogP contribution in [-0.4, -0.2) is 49.0 Å². The number of carbonyl (C=O) groups is 1. The molecule has 25 heavy (non-hydrogen) atoms. The SMILES string of the molecule is CN1CCN(c2ccc(C(=O)Nc3ccc(F)c(F)c3F)nc2)CC1. The van der Waals surface area contributed by atoms with Crippen LogP contribution in [0.3, 0.4) is 0 Å². The molecular formula is C17H17F3N4O. The molecule has 0 spiro atoms. The summed E-state index contributed by atoms with van der Waals surface area (Å²) in [5, 5.41) is 2.20. The molecule has 0 unspecified atom stereocenters. The van der Waals surface area contributed by atoms with Gasteiger partial charge in [0.1, 0.15) is 5.69 Å². The van der Waals surface area contributed by atoms with Crippen LogP contribution in [0.15, 0.2) is 30.5 Å². The second-order valence-corrected chi connectivity index (χ2v) is 5.87. The van der Waals surface area contributed by atoms with Crippen molar-refractivity contribution in [3.63, 3.8) is 0 Å². The fraction of sp³-hybridized carbons (Fsp3) is 0.294. The van der Waals surface area contributed by atoms with Crippen LogP contribution in [0.1, 0.15) is 10.5 Å². The third-order valence-electron chi connectivity index (χ3n) is 4.13. The molecule has 3 rings (SSSR count). The number of anilines is 2. The van der Waals surface area contributed by atoms with Crippen LogP contribution in [0, 0.1) is 17.5 Å². The lowest BCUT2D eigenvalue weighted by Crippen LogP contribution is -2.44. The molecule has 5 nitrogen and oxygen atoms in total. The summed E-state index contributed by atoms with van der Waals surface area (Å²) in [4.78, 5) is 20.6. The van der Waals surface area contributed by atoms with Crippen LogP contribution in [-0.2, 0) is 0 Å². The highest BCUT2D eigenvalue weighted by Crippen LogP contribution is 2.21. The average molecular weight is 350 g/mol. The third kappa shape index (κ3) is 3.74. The zero-order valence-corrected chi connectivity index (χ0v) is 13.6. The zero-order chi connectivity index (χ0) is 18.0. The van der Waals surface area contributed by atoms with E-state index >= 15 is 0 Å². The number of benzene rings is 1. The Morgan fingerprint density at radius 2 is 1.76 bits per heavy atom. The first-order valence-electron chi connectivity index (χ1n) is 7.80. The normalized spacial score (nSPS) is 15.3. The maximum Gasteiger partial charge on any atom is 0.274 e. The number of nitrogens with one attached hydrogen (secondary N) is 1. The molecule has 8 heteroatoms. The Morgan fingerprint density at radius 1 is 1.04 bits per heavy atom. The molecular weight excluding hydrogens is 333 g/mol. The fourth-order valence-corrected chi connectivity index (χ4v) is 2.58. The highest BCUT2D eigenvalue weighted by atomic mass is 19.2. The first kappa shape index (κ1) is 17.2. The van der Waals surface area contributed by atoms with E-state index in [0.717, 1.165) is 44.0 Å². The van der Waals surface area contributed by atoms with Gasteiger partial charge in [0.05, 0.1) is 17.6 Å². The van der Waals surface area contributed by atoms with Crippen LogP contribution < -0.4 is 10.2 Å². The van der Waals surface area contributed by atoms with E-state index in [1.807, 2.05) is 0 Å². The average Bonchev–Trinajstić information content (AvgIpc) is 2.63. The van der Waals surface area contributed by atoms with Gasteiger partial charge in [0.15, 0.2) is 17.5 Å². The molecule has 0 saturated carbocycles. The minimum Gasteiger partial charge on any atom is -0.368 e. The number of halogens is 3. The van der Waals surface area contributed by atoms with E-state index in [4.69, 9.17) is 0 Å². The van der Waals surface area contributed by atoms with E-state index in [-0.39, 0.29) is 5.69 Å². The highest BCUT2D eigenvalue weighted by molar-refractivity contribution is 6.03. The molecule has 1 aromatic heterocycles. The van der Waals surface area contributed by atoms with E-state index in [9.17, 15) is 18.0 Å². The molecule has 0 radical (unpaired) electrons. The maximum absolute atomic E-state index is 13.6. The molecule has 1 aliphatic heterocycles. The summed E-state index contributed by atoms with van der Waals surface area (Å²) in [5.74, 6) is -5.08. The van der Waals surface area contributed by atoms with Gasteiger partial charge in [-0.05, 0) is 31.3 Å². The lowest BCUT2D eigenvalue weighted by molar-refractivity contribution is 0.102. The van der Waals surface area contributed by atoms with Crippen molar-refractivity contribution in [1.29, 1.82) is 0 Å². The Balaban J connectivity index is 1.70. The molecule has 1 amide bonds. The zero-order valence-electron chi connectivity index (χ0n) is 13.6. The molecule has 1 aromatic carbocycles. The van der Waals surface area contributed by atoms with Crippen LogP contribution in [0.5, 0.6) is 0 Å². The Bertz CT molecular complexity index is 774. The number of amides is 1. The molecule has 1 aliphatic rings. The monoisotopic (exact) mass is 350 g/mol. The number of piperazine rings is 1. The molecule has 0 aliphatic carbocycles. The standard InChI is InChI=1S/C17H17F3N4O/c1-23-6-8-24(9-7-23)11-2-4-14(21-10-11)17(25)22-13-5-3-12(18)15(19)16(13)20/h2-5,10H,6-9H2,1H3,(H,22,25). The van der Waals surface area contributed by atoms with Gasteiger partial charge in [-0.2, -0.15) is 0 Å². The minimum absolute atomic E-state index is 0.0574. The third-order valence-corrected chi connectivity index (χ3v) is 4.13. The number of rotatable bonds is 3. The molecule has 1 N–H and O–H groups in total. The molecule has 1 fully saturated rings. The van der Waals surface area contributed by atoms with Crippen molar-refractivity contribution in [2.24, 2.45) is 0 Å². The summed E-state index contributed by atoms with van der Waals surface area (Å²) in [6, 6.07) is 4.98. The van der Waals surface area contributed by atoms with E-state index in [0.29, 0.717) is 0 Å². The van der Waals surface area contributed by atoms with Gasteiger partial charge in [0.25, 0.3) is 5.91 Å². The number of pyridine rings is 1. The van der Waals surface area contributed by atoms with Gasteiger partial charge in [0, 0.05) is 26.2 Å². The van der Waals surface area contributed by atoms with Crippen molar-refractivity contribution in [2.45, 2.75) is 0 Å².